The van der Waals surface area contributed by atoms with Gasteiger partial charge in [-0.15, -0.1) is 0 Å². The minimum absolute atomic E-state index is 0.589. The fraction of sp³-hybridized carbons (Fsp3) is 0.588. The molecule has 4 rings (SSSR count). The van der Waals surface area contributed by atoms with Gasteiger partial charge in [-0.3, -0.25) is 9.80 Å². The molecule has 2 fully saturated rings. The number of likely N-dealkylation sites (tertiary alicyclic amines) is 1. The fourth-order valence-corrected chi connectivity index (χ4v) is 3.81. The van der Waals surface area contributed by atoms with Crippen LogP contribution in [-0.2, 0) is 6.54 Å². The van der Waals surface area contributed by atoms with Gasteiger partial charge in [-0.1, -0.05) is 0 Å². The zero-order valence-corrected chi connectivity index (χ0v) is 13.3. The van der Waals surface area contributed by atoms with E-state index < -0.39 is 0 Å². The highest BCUT2D eigenvalue weighted by atomic mass is 16.4. The highest BCUT2D eigenvalue weighted by molar-refractivity contribution is 5.44. The molecule has 2 aliphatic heterocycles. The summed E-state index contributed by atoms with van der Waals surface area (Å²) in [5, 5.41) is 0. The summed E-state index contributed by atoms with van der Waals surface area (Å²) in [5.41, 5.74) is 1.03. The van der Waals surface area contributed by atoms with Crippen molar-refractivity contribution in [1.82, 2.24) is 14.8 Å². The molecule has 0 radical (unpaired) electrons. The van der Waals surface area contributed by atoms with Gasteiger partial charge in [0.2, 0.25) is 0 Å². The van der Waals surface area contributed by atoms with Crippen molar-refractivity contribution in [2.45, 2.75) is 44.8 Å². The zero-order chi connectivity index (χ0) is 15.1. The maximum absolute atomic E-state index is 5.77. The lowest BCUT2D eigenvalue weighted by atomic mass is 10.1. The highest BCUT2D eigenvalue weighted by Crippen LogP contribution is 2.30. The third-order valence-electron chi connectivity index (χ3n) is 5.23. The topological polar surface area (TPSA) is 45.7 Å². The molecule has 0 saturated carbocycles. The Hall–Kier alpha value is -1.59. The van der Waals surface area contributed by atoms with E-state index >= 15 is 0 Å². The molecule has 0 amide bonds. The summed E-state index contributed by atoms with van der Waals surface area (Å²) < 4.78 is 11.1. The summed E-state index contributed by atoms with van der Waals surface area (Å²) >= 11 is 0. The van der Waals surface area contributed by atoms with E-state index in [0.717, 1.165) is 37.1 Å². The highest BCUT2D eigenvalue weighted by Gasteiger charge is 2.34. The molecule has 2 unspecified atom stereocenters. The van der Waals surface area contributed by atoms with Gasteiger partial charge in [0.15, 0.2) is 5.76 Å². The summed E-state index contributed by atoms with van der Waals surface area (Å²) in [7, 11) is 2.28. The third kappa shape index (κ3) is 2.48. The van der Waals surface area contributed by atoms with E-state index in [1.54, 1.807) is 6.26 Å². The van der Waals surface area contributed by atoms with Crippen LogP contribution < -0.4 is 0 Å². The Balaban J connectivity index is 1.49. The van der Waals surface area contributed by atoms with Gasteiger partial charge in [0.1, 0.15) is 5.76 Å². The fourth-order valence-electron chi connectivity index (χ4n) is 3.81. The lowest BCUT2D eigenvalue weighted by Gasteiger charge is -2.25. The number of fused-ring (bicyclic) bond motifs is 2. The number of oxazole rings is 1. The molecule has 0 spiro atoms. The van der Waals surface area contributed by atoms with Gasteiger partial charge in [0.05, 0.1) is 12.0 Å². The average Bonchev–Trinajstić information content (AvgIpc) is 3.16. The number of nitrogens with zero attached hydrogens (tertiary/aromatic N) is 3. The molecule has 2 saturated heterocycles. The SMILES string of the molecule is Cc1oc(-c2ccco2)nc1CN1CCC2CCC(C1)N2C. The van der Waals surface area contributed by atoms with Gasteiger partial charge >= 0.3 is 0 Å². The summed E-state index contributed by atoms with van der Waals surface area (Å²) in [6, 6.07) is 5.21. The zero-order valence-electron chi connectivity index (χ0n) is 13.3. The second-order valence-electron chi connectivity index (χ2n) is 6.57. The van der Waals surface area contributed by atoms with E-state index in [9.17, 15) is 0 Å². The molecule has 118 valence electrons. The minimum Gasteiger partial charge on any atom is -0.459 e. The molecule has 2 aromatic heterocycles. The maximum Gasteiger partial charge on any atom is 0.263 e. The first kappa shape index (κ1) is 14.0. The maximum atomic E-state index is 5.77. The molecule has 2 atom stereocenters. The molecule has 5 heteroatoms. The van der Waals surface area contributed by atoms with Crippen molar-refractivity contribution in [2.24, 2.45) is 0 Å². The second-order valence-corrected chi connectivity index (χ2v) is 6.57. The van der Waals surface area contributed by atoms with Crippen molar-refractivity contribution in [3.05, 3.63) is 29.9 Å². The van der Waals surface area contributed by atoms with Crippen LogP contribution in [0.15, 0.2) is 27.2 Å². The van der Waals surface area contributed by atoms with Crippen molar-refractivity contribution >= 4 is 0 Å². The molecule has 5 nitrogen and oxygen atoms in total. The van der Waals surface area contributed by atoms with Crippen LogP contribution in [0.1, 0.15) is 30.7 Å². The van der Waals surface area contributed by atoms with Gasteiger partial charge in [-0.05, 0) is 45.4 Å². The smallest absolute Gasteiger partial charge is 0.263 e. The molecule has 4 heterocycles. The predicted molar refractivity (Wildman–Crippen MR) is 83.4 cm³/mol. The third-order valence-corrected chi connectivity index (χ3v) is 5.23. The van der Waals surface area contributed by atoms with Gasteiger partial charge in [0, 0.05) is 31.7 Å². The van der Waals surface area contributed by atoms with Crippen molar-refractivity contribution in [1.29, 1.82) is 0 Å². The van der Waals surface area contributed by atoms with Gasteiger partial charge in [0.25, 0.3) is 5.89 Å². The van der Waals surface area contributed by atoms with Crippen LogP contribution in [0.2, 0.25) is 0 Å². The number of likely N-dealkylation sites (N-methyl/N-ethyl adjacent to an activating group) is 1. The van der Waals surface area contributed by atoms with E-state index in [0.29, 0.717) is 17.7 Å². The number of aromatic nitrogens is 1. The number of rotatable bonds is 3. The van der Waals surface area contributed by atoms with Crippen molar-refractivity contribution in [2.75, 3.05) is 20.1 Å². The number of hydrogen-bond donors (Lipinski definition) is 0. The standard InChI is InChI=1S/C17H23N3O2/c1-12-15(18-17(22-12)16-4-3-9-21-16)11-20-8-7-13-5-6-14(10-20)19(13)2/h3-4,9,13-14H,5-8,10-11H2,1-2H3. The van der Waals surface area contributed by atoms with Crippen molar-refractivity contribution in [3.8, 4) is 11.7 Å². The summed E-state index contributed by atoms with van der Waals surface area (Å²) in [4.78, 5) is 9.74. The normalized spacial score (nSPS) is 26.5. The average molecular weight is 301 g/mol. The van der Waals surface area contributed by atoms with Gasteiger partial charge in [-0.25, -0.2) is 4.98 Å². The summed E-state index contributed by atoms with van der Waals surface area (Å²) in [5.74, 6) is 2.18. The van der Waals surface area contributed by atoms with Crippen LogP contribution in [0.5, 0.6) is 0 Å². The Morgan fingerprint density at radius 3 is 2.95 bits per heavy atom. The van der Waals surface area contributed by atoms with E-state index in [1.165, 1.54) is 19.3 Å². The van der Waals surface area contributed by atoms with E-state index in [4.69, 9.17) is 8.83 Å². The quantitative estimate of drug-likeness (QED) is 0.872. The molecule has 2 bridgehead atoms. The Kier molecular flexibility index (Phi) is 3.54. The van der Waals surface area contributed by atoms with Crippen LogP contribution in [-0.4, -0.2) is 47.0 Å². The predicted octanol–water partition coefficient (Wildman–Crippen LogP) is 2.91. The molecule has 2 aliphatic rings. The molecule has 0 aliphatic carbocycles. The van der Waals surface area contributed by atoms with Gasteiger partial charge < -0.3 is 8.83 Å². The van der Waals surface area contributed by atoms with Crippen LogP contribution >= 0.6 is 0 Å². The van der Waals surface area contributed by atoms with E-state index in [2.05, 4.69) is 21.8 Å². The second kappa shape index (κ2) is 5.56. The Labute approximate surface area is 130 Å². The monoisotopic (exact) mass is 301 g/mol. The Morgan fingerprint density at radius 2 is 2.14 bits per heavy atom. The lowest BCUT2D eigenvalue weighted by molar-refractivity contribution is 0.213. The summed E-state index contributed by atoms with van der Waals surface area (Å²) in [6.07, 6.45) is 5.60. The first-order chi connectivity index (χ1) is 10.7. The van der Waals surface area contributed by atoms with Crippen LogP contribution in [0, 0.1) is 6.92 Å². The number of hydrogen-bond acceptors (Lipinski definition) is 5. The first-order valence-electron chi connectivity index (χ1n) is 8.15. The van der Waals surface area contributed by atoms with Crippen LogP contribution in [0.3, 0.4) is 0 Å². The molecule has 0 aromatic carbocycles. The number of aryl methyl sites for hydroxylation is 1. The van der Waals surface area contributed by atoms with Crippen LogP contribution in [0.25, 0.3) is 11.7 Å². The largest absolute Gasteiger partial charge is 0.459 e. The van der Waals surface area contributed by atoms with Crippen LogP contribution in [0.4, 0.5) is 0 Å². The van der Waals surface area contributed by atoms with Crippen molar-refractivity contribution in [3.63, 3.8) is 0 Å². The van der Waals surface area contributed by atoms with E-state index in [1.807, 2.05) is 19.1 Å². The molecule has 2 aromatic rings. The Bertz CT molecular complexity index is 634. The molecular formula is C17H23N3O2. The van der Waals surface area contributed by atoms with Gasteiger partial charge in [-0.2, -0.15) is 0 Å². The molecule has 22 heavy (non-hydrogen) atoms. The lowest BCUT2D eigenvalue weighted by Crippen LogP contribution is -2.36. The molecular weight excluding hydrogens is 278 g/mol. The van der Waals surface area contributed by atoms with E-state index in [-0.39, 0.29) is 0 Å². The molecule has 0 N–H and O–H groups in total. The summed E-state index contributed by atoms with van der Waals surface area (Å²) in [6.45, 7) is 5.14. The number of furan rings is 1. The first-order valence-corrected chi connectivity index (χ1v) is 8.15. The van der Waals surface area contributed by atoms with Crippen molar-refractivity contribution < 1.29 is 8.83 Å². The Morgan fingerprint density at radius 1 is 1.27 bits per heavy atom. The minimum atomic E-state index is 0.589.